The summed E-state index contributed by atoms with van der Waals surface area (Å²) in [4.78, 5) is 73.1. The van der Waals surface area contributed by atoms with Gasteiger partial charge in [0.2, 0.25) is 29.5 Å². The predicted molar refractivity (Wildman–Crippen MR) is 211 cm³/mol. The van der Waals surface area contributed by atoms with Crippen LogP contribution in [0.3, 0.4) is 0 Å². The average molecular weight is 759 g/mol. The minimum absolute atomic E-state index is 0.00565. The maximum Gasteiger partial charge on any atom is 0.245 e. The maximum absolute atomic E-state index is 14.2. The summed E-state index contributed by atoms with van der Waals surface area (Å²) in [6.45, 7) is 16.0. The summed E-state index contributed by atoms with van der Waals surface area (Å²) in [7, 11) is 8.50. The molecule has 4 N–H and O–H groups in total. The Hall–Kier alpha value is -3.55. The Balaban J connectivity index is 2.27. The number of hydrogen-bond acceptors (Lipinski definition) is 8. The van der Waals surface area contributed by atoms with Gasteiger partial charge in [-0.15, -0.1) is 0 Å². The Kier molecular flexibility index (Phi) is 18.6. The molecule has 1 heterocycles. The lowest BCUT2D eigenvalue weighted by molar-refractivity contribution is -0.148. The molecule has 9 atom stereocenters. The second-order valence-electron chi connectivity index (χ2n) is 16.1. The van der Waals surface area contributed by atoms with E-state index < -0.39 is 54.2 Å². The van der Waals surface area contributed by atoms with E-state index in [2.05, 4.69) is 10.6 Å². The Labute approximate surface area is 324 Å². The van der Waals surface area contributed by atoms with Crippen molar-refractivity contribution in [3.8, 4) is 0 Å². The second kappa shape index (κ2) is 21.5. The van der Waals surface area contributed by atoms with Gasteiger partial charge in [0.05, 0.1) is 42.7 Å². The van der Waals surface area contributed by atoms with Crippen LogP contribution in [-0.4, -0.2) is 129 Å². The molecule has 5 amide bonds. The maximum atomic E-state index is 14.2. The number of amides is 5. The van der Waals surface area contributed by atoms with Gasteiger partial charge in [-0.3, -0.25) is 28.9 Å². The van der Waals surface area contributed by atoms with Gasteiger partial charge in [0.25, 0.3) is 0 Å². The highest BCUT2D eigenvalue weighted by Gasteiger charge is 2.43. The van der Waals surface area contributed by atoms with Crippen LogP contribution in [0.1, 0.15) is 85.3 Å². The van der Waals surface area contributed by atoms with Crippen molar-refractivity contribution in [2.24, 2.45) is 29.4 Å². The molecule has 1 aromatic carbocycles. The van der Waals surface area contributed by atoms with Gasteiger partial charge in [-0.2, -0.15) is 0 Å². The molecule has 1 aromatic rings. The van der Waals surface area contributed by atoms with Crippen molar-refractivity contribution in [1.82, 2.24) is 25.3 Å². The normalized spacial score (nSPS) is 19.1. The molecule has 306 valence electrons. The molecule has 0 aromatic heterocycles. The fourth-order valence-electron chi connectivity index (χ4n) is 7.90. The van der Waals surface area contributed by atoms with Crippen molar-refractivity contribution < 1.29 is 33.4 Å². The standard InChI is InChI=1S/C41H70N6O7/c1-14-27(7)36(46(11)41(52)34(24(2)3)44-40(51)35(25(4)5)45(9)10)32(53-12)23-33(48)47-21-15-16-31(47)37(54-13)28(8)39(50)43-30(38(42)49)22-29-19-17-26(6)18-20-29/h17-20,24-25,27-28,30-32,34-37H,14-16,21-23H2,1-13H3,(H2,42,49)(H,43,50)(H,44,51)/t27-,28+,30-,31-,32+,34-,35?,36?,37+/m0/s1. The number of hydrogen-bond donors (Lipinski definition) is 3. The first-order valence-corrected chi connectivity index (χ1v) is 19.5. The van der Waals surface area contributed by atoms with E-state index in [9.17, 15) is 24.0 Å². The molecule has 2 unspecified atom stereocenters. The Morgan fingerprint density at radius 1 is 0.907 bits per heavy atom. The zero-order valence-corrected chi connectivity index (χ0v) is 35.2. The molecule has 0 radical (unpaired) electrons. The number of nitrogens with two attached hydrogens (primary N) is 1. The van der Waals surface area contributed by atoms with Crippen LogP contribution in [0.5, 0.6) is 0 Å². The zero-order chi connectivity index (χ0) is 41.0. The highest BCUT2D eigenvalue weighted by Crippen LogP contribution is 2.30. The Bertz CT molecular complexity index is 1380. The van der Waals surface area contributed by atoms with Crippen molar-refractivity contribution in [2.45, 2.75) is 130 Å². The van der Waals surface area contributed by atoms with Crippen molar-refractivity contribution in [2.75, 3.05) is 41.9 Å². The molecule has 0 spiro atoms. The highest BCUT2D eigenvalue weighted by molar-refractivity contribution is 5.90. The van der Waals surface area contributed by atoms with E-state index in [1.54, 1.807) is 30.9 Å². The first kappa shape index (κ1) is 46.6. The minimum atomic E-state index is -0.908. The summed E-state index contributed by atoms with van der Waals surface area (Å²) >= 11 is 0. The topological polar surface area (TPSA) is 164 Å². The van der Waals surface area contributed by atoms with Crippen LogP contribution >= 0.6 is 0 Å². The number of carbonyl (C=O) groups excluding carboxylic acids is 5. The van der Waals surface area contributed by atoms with Crippen molar-refractivity contribution >= 4 is 29.5 Å². The van der Waals surface area contributed by atoms with E-state index in [1.165, 1.54) is 7.11 Å². The quantitative estimate of drug-likeness (QED) is 0.172. The van der Waals surface area contributed by atoms with Crippen molar-refractivity contribution in [3.63, 3.8) is 0 Å². The summed E-state index contributed by atoms with van der Waals surface area (Å²) in [5.74, 6) is -2.52. The summed E-state index contributed by atoms with van der Waals surface area (Å²) < 4.78 is 11.9. The highest BCUT2D eigenvalue weighted by atomic mass is 16.5. The Morgan fingerprint density at radius 2 is 1.52 bits per heavy atom. The van der Waals surface area contributed by atoms with Gasteiger partial charge in [-0.1, -0.05) is 84.7 Å². The third kappa shape index (κ3) is 12.2. The number of aryl methyl sites for hydroxylation is 1. The van der Waals surface area contributed by atoms with E-state index in [0.29, 0.717) is 13.0 Å². The van der Waals surface area contributed by atoms with Crippen molar-refractivity contribution in [1.29, 1.82) is 0 Å². The van der Waals surface area contributed by atoms with Gasteiger partial charge in [0, 0.05) is 34.2 Å². The molecule has 13 heteroatoms. The lowest BCUT2D eigenvalue weighted by Crippen LogP contribution is -2.59. The molecule has 1 fully saturated rings. The van der Waals surface area contributed by atoms with E-state index in [0.717, 1.165) is 24.0 Å². The lowest BCUT2D eigenvalue weighted by atomic mass is 9.89. The molecule has 1 saturated heterocycles. The smallest absolute Gasteiger partial charge is 0.245 e. The number of rotatable bonds is 21. The van der Waals surface area contributed by atoms with Crippen LogP contribution in [0.15, 0.2) is 24.3 Å². The van der Waals surface area contributed by atoms with Crippen LogP contribution in [0, 0.1) is 30.6 Å². The van der Waals surface area contributed by atoms with Gasteiger partial charge in [-0.25, -0.2) is 0 Å². The van der Waals surface area contributed by atoms with Gasteiger partial charge < -0.3 is 35.6 Å². The van der Waals surface area contributed by atoms with E-state index in [4.69, 9.17) is 15.2 Å². The lowest BCUT2D eigenvalue weighted by Gasteiger charge is -2.41. The third-order valence-corrected chi connectivity index (χ3v) is 11.2. The van der Waals surface area contributed by atoms with E-state index >= 15 is 0 Å². The summed E-state index contributed by atoms with van der Waals surface area (Å²) in [6.07, 6.45) is 1.06. The van der Waals surface area contributed by atoms with Crippen LogP contribution in [-0.2, 0) is 39.9 Å². The fourth-order valence-corrected chi connectivity index (χ4v) is 7.90. The minimum Gasteiger partial charge on any atom is -0.379 e. The van der Waals surface area contributed by atoms with Crippen LogP contribution < -0.4 is 16.4 Å². The molecule has 0 aliphatic carbocycles. The fraction of sp³-hybridized carbons (Fsp3) is 0.732. The SMILES string of the molecule is CC[C@H](C)C([C@@H](CC(=O)N1CCC[C@H]1[C@H](OC)[C@@H](C)C(=O)N[C@@H](Cc1ccc(C)cc1)C(N)=O)OC)N(C)C(=O)[C@@H](NC(=O)C(C(C)C)N(C)C)C(C)C. The molecule has 0 bridgehead atoms. The molecular formula is C41H70N6O7. The third-order valence-electron chi connectivity index (χ3n) is 11.2. The van der Waals surface area contributed by atoms with Crippen LogP contribution in [0.25, 0.3) is 0 Å². The first-order chi connectivity index (χ1) is 25.3. The molecule has 54 heavy (non-hydrogen) atoms. The van der Waals surface area contributed by atoms with Gasteiger partial charge in [0.15, 0.2) is 0 Å². The molecule has 1 aliphatic rings. The van der Waals surface area contributed by atoms with Gasteiger partial charge in [-0.05, 0) is 57.2 Å². The largest absolute Gasteiger partial charge is 0.379 e. The number of nitrogens with one attached hydrogen (secondary N) is 2. The Morgan fingerprint density at radius 3 is 2.00 bits per heavy atom. The number of likely N-dealkylation sites (tertiary alicyclic amines) is 1. The number of methoxy groups -OCH3 is 2. The summed E-state index contributed by atoms with van der Waals surface area (Å²) in [5, 5.41) is 5.85. The number of carbonyl (C=O) groups is 5. The number of likely N-dealkylation sites (N-methyl/N-ethyl adjacent to an activating group) is 2. The molecule has 2 rings (SSSR count). The van der Waals surface area contributed by atoms with Crippen LogP contribution in [0.2, 0.25) is 0 Å². The number of nitrogens with zero attached hydrogens (tertiary/aromatic N) is 3. The monoisotopic (exact) mass is 759 g/mol. The van der Waals surface area contributed by atoms with Gasteiger partial charge >= 0.3 is 0 Å². The number of benzene rings is 1. The van der Waals surface area contributed by atoms with E-state index in [1.807, 2.05) is 91.7 Å². The van der Waals surface area contributed by atoms with Gasteiger partial charge in [0.1, 0.15) is 12.1 Å². The second-order valence-corrected chi connectivity index (χ2v) is 16.1. The van der Waals surface area contributed by atoms with Crippen LogP contribution in [0.4, 0.5) is 0 Å². The predicted octanol–water partition coefficient (Wildman–Crippen LogP) is 3.15. The number of ether oxygens (including phenoxy) is 2. The van der Waals surface area contributed by atoms with E-state index in [-0.39, 0.29) is 54.2 Å². The molecule has 1 aliphatic heterocycles. The zero-order valence-electron chi connectivity index (χ0n) is 35.2. The first-order valence-electron chi connectivity index (χ1n) is 19.5. The molecular weight excluding hydrogens is 688 g/mol. The van der Waals surface area contributed by atoms with Crippen molar-refractivity contribution in [3.05, 3.63) is 35.4 Å². The average Bonchev–Trinajstić information content (AvgIpc) is 3.59. The molecule has 0 saturated carbocycles. The molecule has 13 nitrogen and oxygen atoms in total. The summed E-state index contributed by atoms with van der Waals surface area (Å²) in [5.41, 5.74) is 7.66. The number of primary amides is 1. The summed E-state index contributed by atoms with van der Waals surface area (Å²) in [6, 6.07) is 4.76.